The minimum absolute atomic E-state index is 0. The van der Waals surface area contributed by atoms with Crippen molar-refractivity contribution < 1.29 is 22.4 Å². The maximum atomic E-state index is 13.4. The molecule has 1 aliphatic rings. The van der Waals surface area contributed by atoms with Crippen molar-refractivity contribution in [1.29, 1.82) is 0 Å². The van der Waals surface area contributed by atoms with Crippen LogP contribution in [0.4, 0.5) is 13.2 Å². The molecule has 1 amide bonds. The van der Waals surface area contributed by atoms with E-state index in [1.807, 2.05) is 6.07 Å². The molecule has 2 heterocycles. The number of halogens is 4. The number of alkyl halides is 3. The van der Waals surface area contributed by atoms with Crippen LogP contribution in [0.15, 0.2) is 34.7 Å². The number of aryl methyl sites for hydroxylation is 1. The lowest BCUT2D eigenvalue weighted by atomic mass is 10.2. The van der Waals surface area contributed by atoms with Gasteiger partial charge in [-0.1, -0.05) is 18.2 Å². The van der Waals surface area contributed by atoms with Gasteiger partial charge in [0.15, 0.2) is 0 Å². The average Bonchev–Trinajstić information content (AvgIpc) is 3.04. The van der Waals surface area contributed by atoms with Crippen LogP contribution in [0.3, 0.4) is 0 Å². The molecule has 10 heteroatoms. The third kappa shape index (κ3) is 5.24. The summed E-state index contributed by atoms with van der Waals surface area (Å²) < 4.78 is 45.7. The standard InChI is InChI=1S/C18H21F3N4O2.ClH/c1-12-15(27-17(24-12)13-5-3-2-4-6-13)16(26)23-11-14(18(19,20)21)25-9-7-22-8-10-25;/h2-6,14,22H,7-11H2,1H3,(H,23,26);1H. The Morgan fingerprint density at radius 2 is 1.93 bits per heavy atom. The van der Waals surface area contributed by atoms with E-state index in [-0.39, 0.29) is 37.1 Å². The van der Waals surface area contributed by atoms with E-state index in [1.165, 1.54) is 4.90 Å². The molecule has 0 bridgehead atoms. The second-order valence-electron chi connectivity index (χ2n) is 6.35. The van der Waals surface area contributed by atoms with Gasteiger partial charge >= 0.3 is 6.18 Å². The van der Waals surface area contributed by atoms with Gasteiger partial charge in [-0.3, -0.25) is 9.69 Å². The Kier molecular flexibility index (Phi) is 7.45. The summed E-state index contributed by atoms with van der Waals surface area (Å²) in [5, 5.41) is 5.37. The minimum atomic E-state index is -4.43. The van der Waals surface area contributed by atoms with Crippen LogP contribution >= 0.6 is 12.4 Å². The van der Waals surface area contributed by atoms with Gasteiger partial charge in [-0.2, -0.15) is 13.2 Å². The fourth-order valence-electron chi connectivity index (χ4n) is 3.03. The Balaban J connectivity index is 0.00000280. The number of hydrogen-bond donors (Lipinski definition) is 2. The number of oxazole rings is 1. The van der Waals surface area contributed by atoms with Crippen molar-refractivity contribution in [3.05, 3.63) is 41.8 Å². The summed E-state index contributed by atoms with van der Waals surface area (Å²) in [6, 6.07) is 7.25. The smallest absolute Gasteiger partial charge is 0.405 e. The molecule has 2 aromatic rings. The SMILES string of the molecule is Cc1nc(-c2ccccc2)oc1C(=O)NCC(N1CCNCC1)C(F)(F)F.Cl. The van der Waals surface area contributed by atoms with E-state index in [2.05, 4.69) is 15.6 Å². The van der Waals surface area contributed by atoms with Gasteiger partial charge in [0, 0.05) is 38.3 Å². The lowest BCUT2D eigenvalue weighted by Gasteiger charge is -2.35. The molecule has 2 N–H and O–H groups in total. The van der Waals surface area contributed by atoms with Gasteiger partial charge in [0.25, 0.3) is 5.91 Å². The lowest BCUT2D eigenvalue weighted by molar-refractivity contribution is -0.183. The number of piperazine rings is 1. The molecule has 1 aliphatic heterocycles. The summed E-state index contributed by atoms with van der Waals surface area (Å²) in [5.74, 6) is -0.519. The Hall–Kier alpha value is -2.10. The predicted octanol–water partition coefficient (Wildman–Crippen LogP) is 2.64. The van der Waals surface area contributed by atoms with Gasteiger partial charge in [0.1, 0.15) is 6.04 Å². The molecule has 0 aliphatic carbocycles. The second kappa shape index (κ2) is 9.40. The summed E-state index contributed by atoms with van der Waals surface area (Å²) in [4.78, 5) is 17.9. The maximum absolute atomic E-state index is 13.4. The number of hydrogen-bond acceptors (Lipinski definition) is 5. The van der Waals surface area contributed by atoms with Crippen LogP contribution in [0.5, 0.6) is 0 Å². The highest BCUT2D eigenvalue weighted by Gasteiger charge is 2.44. The molecule has 1 unspecified atom stereocenters. The maximum Gasteiger partial charge on any atom is 0.405 e. The Labute approximate surface area is 166 Å². The molecule has 0 radical (unpaired) electrons. The van der Waals surface area contributed by atoms with E-state index in [4.69, 9.17) is 4.42 Å². The van der Waals surface area contributed by atoms with E-state index in [0.29, 0.717) is 24.3 Å². The Morgan fingerprint density at radius 3 is 2.54 bits per heavy atom. The van der Waals surface area contributed by atoms with E-state index >= 15 is 0 Å². The molecule has 28 heavy (non-hydrogen) atoms. The Morgan fingerprint density at radius 1 is 1.29 bits per heavy atom. The van der Waals surface area contributed by atoms with Gasteiger partial charge in [-0.05, 0) is 19.1 Å². The van der Waals surface area contributed by atoms with Crippen molar-refractivity contribution >= 4 is 18.3 Å². The lowest BCUT2D eigenvalue weighted by Crippen LogP contribution is -2.57. The number of carbonyl (C=O) groups is 1. The average molecular weight is 419 g/mol. The number of carbonyl (C=O) groups excluding carboxylic acids is 1. The van der Waals surface area contributed by atoms with Gasteiger partial charge in [0.2, 0.25) is 11.7 Å². The summed E-state index contributed by atoms with van der Waals surface area (Å²) in [5.41, 5.74) is 1.02. The molecule has 3 rings (SSSR count). The van der Waals surface area contributed by atoms with Crippen molar-refractivity contribution in [3.63, 3.8) is 0 Å². The van der Waals surface area contributed by atoms with Crippen LogP contribution in [0.1, 0.15) is 16.2 Å². The third-order valence-corrected chi connectivity index (χ3v) is 4.45. The molecule has 1 fully saturated rings. The molecular weight excluding hydrogens is 397 g/mol. The zero-order chi connectivity index (χ0) is 19.4. The molecule has 1 atom stereocenters. The number of nitrogens with zero attached hydrogens (tertiary/aromatic N) is 2. The first-order valence-electron chi connectivity index (χ1n) is 8.69. The van der Waals surface area contributed by atoms with Crippen LogP contribution in [0.25, 0.3) is 11.5 Å². The molecule has 0 spiro atoms. The number of benzene rings is 1. The van der Waals surface area contributed by atoms with Crippen molar-refractivity contribution in [2.45, 2.75) is 19.1 Å². The normalized spacial score (nSPS) is 16.3. The summed E-state index contributed by atoms with van der Waals surface area (Å²) in [7, 11) is 0. The third-order valence-electron chi connectivity index (χ3n) is 4.45. The highest BCUT2D eigenvalue weighted by atomic mass is 35.5. The highest BCUT2D eigenvalue weighted by molar-refractivity contribution is 5.92. The molecule has 6 nitrogen and oxygen atoms in total. The fraction of sp³-hybridized carbons (Fsp3) is 0.444. The minimum Gasteiger partial charge on any atom is -0.431 e. The number of rotatable bonds is 5. The summed E-state index contributed by atoms with van der Waals surface area (Å²) in [6.07, 6.45) is -4.43. The highest BCUT2D eigenvalue weighted by Crippen LogP contribution is 2.25. The zero-order valence-corrected chi connectivity index (χ0v) is 16.1. The van der Waals surface area contributed by atoms with Crippen LogP contribution in [-0.2, 0) is 0 Å². The molecule has 1 aromatic carbocycles. The van der Waals surface area contributed by atoms with E-state index in [0.717, 1.165) is 0 Å². The first-order valence-corrected chi connectivity index (χ1v) is 8.69. The molecule has 154 valence electrons. The van der Waals surface area contributed by atoms with Crippen molar-refractivity contribution in [3.8, 4) is 11.5 Å². The quantitative estimate of drug-likeness (QED) is 0.781. The van der Waals surface area contributed by atoms with Crippen molar-refractivity contribution in [2.75, 3.05) is 32.7 Å². The number of nitrogens with one attached hydrogen (secondary N) is 2. The van der Waals surface area contributed by atoms with Gasteiger partial charge < -0.3 is 15.1 Å². The van der Waals surface area contributed by atoms with Crippen LogP contribution in [-0.4, -0.2) is 60.7 Å². The molecule has 1 aromatic heterocycles. The van der Waals surface area contributed by atoms with Crippen LogP contribution in [0, 0.1) is 6.92 Å². The molecule has 1 saturated heterocycles. The zero-order valence-electron chi connectivity index (χ0n) is 15.3. The van der Waals surface area contributed by atoms with Gasteiger partial charge in [-0.25, -0.2) is 4.98 Å². The largest absolute Gasteiger partial charge is 0.431 e. The van der Waals surface area contributed by atoms with Gasteiger partial charge in [0.05, 0.1) is 5.69 Å². The van der Waals surface area contributed by atoms with Crippen molar-refractivity contribution in [1.82, 2.24) is 20.5 Å². The molecule has 0 saturated carbocycles. The fourth-order valence-corrected chi connectivity index (χ4v) is 3.03. The van der Waals surface area contributed by atoms with Crippen LogP contribution in [0.2, 0.25) is 0 Å². The number of amides is 1. The summed E-state index contributed by atoms with van der Waals surface area (Å²) in [6.45, 7) is 2.58. The number of aromatic nitrogens is 1. The topological polar surface area (TPSA) is 70.4 Å². The van der Waals surface area contributed by atoms with E-state index < -0.39 is 24.7 Å². The first kappa shape index (κ1) is 22.2. The van der Waals surface area contributed by atoms with Gasteiger partial charge in [-0.15, -0.1) is 12.4 Å². The van der Waals surface area contributed by atoms with Crippen LogP contribution < -0.4 is 10.6 Å². The van der Waals surface area contributed by atoms with E-state index in [9.17, 15) is 18.0 Å². The van der Waals surface area contributed by atoms with E-state index in [1.54, 1.807) is 31.2 Å². The monoisotopic (exact) mass is 418 g/mol. The second-order valence-corrected chi connectivity index (χ2v) is 6.35. The van der Waals surface area contributed by atoms with Crippen molar-refractivity contribution in [2.24, 2.45) is 0 Å². The predicted molar refractivity (Wildman–Crippen MR) is 101 cm³/mol. The first-order chi connectivity index (χ1) is 12.9. The Bertz CT molecular complexity index is 777. The molecular formula is C18H22ClF3N4O2. The summed E-state index contributed by atoms with van der Waals surface area (Å²) >= 11 is 0.